The highest BCUT2D eigenvalue weighted by atomic mass is 79.9. The number of nitrogens with one attached hydrogen (secondary N) is 1. The van der Waals surface area contributed by atoms with E-state index in [-0.39, 0.29) is 9.77 Å². The smallest absolute Gasteiger partial charge is 0.345 e. The van der Waals surface area contributed by atoms with Crippen molar-refractivity contribution in [1.82, 2.24) is 0 Å². The number of sulfonamides is 1. The number of hydrogen-bond acceptors (Lipinski definition) is 4. The fourth-order valence-electron chi connectivity index (χ4n) is 1.35. The molecule has 0 aliphatic rings. The summed E-state index contributed by atoms with van der Waals surface area (Å²) in [6, 6.07) is 5.71. The van der Waals surface area contributed by atoms with Gasteiger partial charge in [0.05, 0.1) is 15.6 Å². The lowest BCUT2D eigenvalue weighted by atomic mass is 10.3. The van der Waals surface area contributed by atoms with E-state index in [1.807, 2.05) is 0 Å². The minimum Gasteiger partial charge on any atom is -0.477 e. The van der Waals surface area contributed by atoms with Gasteiger partial charge in [-0.05, 0) is 40.2 Å². The molecule has 20 heavy (non-hydrogen) atoms. The van der Waals surface area contributed by atoms with Crippen LogP contribution in [0.4, 0.5) is 5.69 Å². The average Bonchev–Trinajstić information content (AvgIpc) is 2.84. The molecule has 2 aromatic rings. The van der Waals surface area contributed by atoms with E-state index in [1.54, 1.807) is 6.07 Å². The van der Waals surface area contributed by atoms with Gasteiger partial charge in [0.15, 0.2) is 0 Å². The molecule has 2 rings (SSSR count). The Hall–Kier alpha value is -1.09. The van der Waals surface area contributed by atoms with Gasteiger partial charge < -0.3 is 5.11 Å². The zero-order valence-electron chi connectivity index (χ0n) is 9.63. The van der Waals surface area contributed by atoms with Crippen molar-refractivity contribution in [2.75, 3.05) is 4.72 Å². The van der Waals surface area contributed by atoms with Crippen LogP contribution in [-0.4, -0.2) is 19.5 Å². The number of carbonyl (C=O) groups is 1. The number of halogens is 2. The van der Waals surface area contributed by atoms with Crippen LogP contribution in [0.2, 0.25) is 5.02 Å². The fraction of sp³-hybridized carbons (Fsp3) is 0. The van der Waals surface area contributed by atoms with Crippen LogP contribution in [-0.2, 0) is 10.0 Å². The SMILES string of the molecule is O=C(O)c1cc(S(=O)(=O)Nc2ccc(Br)c(Cl)c2)cs1. The molecule has 0 bridgehead atoms. The van der Waals surface area contributed by atoms with Gasteiger partial charge in [-0.15, -0.1) is 11.3 Å². The first-order valence-electron chi connectivity index (χ1n) is 5.09. The van der Waals surface area contributed by atoms with Crippen molar-refractivity contribution in [2.24, 2.45) is 0 Å². The Balaban J connectivity index is 2.30. The number of hydrogen-bond donors (Lipinski definition) is 2. The van der Waals surface area contributed by atoms with Gasteiger partial charge in [-0.3, -0.25) is 4.72 Å². The molecule has 2 N–H and O–H groups in total. The highest BCUT2D eigenvalue weighted by Crippen LogP contribution is 2.27. The molecule has 0 radical (unpaired) electrons. The summed E-state index contributed by atoms with van der Waals surface area (Å²) in [6.07, 6.45) is 0. The Labute approximate surface area is 132 Å². The first-order chi connectivity index (χ1) is 9.29. The van der Waals surface area contributed by atoms with Crippen LogP contribution in [0.3, 0.4) is 0 Å². The predicted molar refractivity (Wildman–Crippen MR) is 81.2 cm³/mol. The van der Waals surface area contributed by atoms with Crippen LogP contribution in [0.15, 0.2) is 39.0 Å². The minimum absolute atomic E-state index is 0.0424. The average molecular weight is 397 g/mol. The van der Waals surface area contributed by atoms with Crippen molar-refractivity contribution in [2.45, 2.75) is 4.90 Å². The molecular formula is C11H7BrClNO4S2. The molecule has 0 saturated carbocycles. The normalized spacial score (nSPS) is 11.3. The molecule has 106 valence electrons. The van der Waals surface area contributed by atoms with E-state index in [9.17, 15) is 13.2 Å². The van der Waals surface area contributed by atoms with Gasteiger partial charge in [-0.1, -0.05) is 11.6 Å². The zero-order chi connectivity index (χ0) is 14.9. The highest BCUT2D eigenvalue weighted by molar-refractivity contribution is 9.10. The van der Waals surface area contributed by atoms with Gasteiger partial charge >= 0.3 is 5.97 Å². The van der Waals surface area contributed by atoms with Crippen LogP contribution in [0.1, 0.15) is 9.67 Å². The maximum Gasteiger partial charge on any atom is 0.345 e. The summed E-state index contributed by atoms with van der Waals surface area (Å²) in [5.74, 6) is -1.16. The summed E-state index contributed by atoms with van der Waals surface area (Å²) in [5, 5.41) is 10.4. The molecule has 0 aliphatic carbocycles. The van der Waals surface area contributed by atoms with Gasteiger partial charge in [-0.2, -0.15) is 0 Å². The second-order valence-corrected chi connectivity index (χ2v) is 7.54. The minimum atomic E-state index is -3.83. The number of thiophene rings is 1. The van der Waals surface area contributed by atoms with Crippen LogP contribution in [0.5, 0.6) is 0 Å². The monoisotopic (exact) mass is 395 g/mol. The van der Waals surface area contributed by atoms with Gasteiger partial charge in [0, 0.05) is 9.85 Å². The van der Waals surface area contributed by atoms with E-state index in [4.69, 9.17) is 16.7 Å². The Bertz CT molecular complexity index is 772. The second-order valence-electron chi connectivity index (χ2n) is 3.69. The topological polar surface area (TPSA) is 83.5 Å². The molecule has 0 spiro atoms. The largest absolute Gasteiger partial charge is 0.477 e. The zero-order valence-corrected chi connectivity index (χ0v) is 13.6. The Kier molecular flexibility index (Phi) is 4.38. The lowest BCUT2D eigenvalue weighted by molar-refractivity contribution is 0.0702. The van der Waals surface area contributed by atoms with Crippen molar-refractivity contribution < 1.29 is 18.3 Å². The quantitative estimate of drug-likeness (QED) is 0.826. The maximum absolute atomic E-state index is 12.1. The summed E-state index contributed by atoms with van der Waals surface area (Å²) in [6.45, 7) is 0. The number of aromatic carboxylic acids is 1. The summed E-state index contributed by atoms with van der Waals surface area (Å²) in [7, 11) is -3.83. The van der Waals surface area contributed by atoms with Crippen molar-refractivity contribution in [3.8, 4) is 0 Å². The van der Waals surface area contributed by atoms with Gasteiger partial charge in [0.25, 0.3) is 10.0 Å². The van der Waals surface area contributed by atoms with E-state index in [1.165, 1.54) is 17.5 Å². The summed E-state index contributed by atoms with van der Waals surface area (Å²) >= 11 is 9.93. The first kappa shape index (κ1) is 15.3. The molecule has 1 aromatic heterocycles. The Morgan fingerprint density at radius 3 is 2.60 bits per heavy atom. The molecule has 0 saturated heterocycles. The maximum atomic E-state index is 12.1. The van der Waals surface area contributed by atoms with Crippen LogP contribution in [0.25, 0.3) is 0 Å². The van der Waals surface area contributed by atoms with Crippen molar-refractivity contribution >= 4 is 60.5 Å². The molecule has 0 unspecified atom stereocenters. The van der Waals surface area contributed by atoms with Crippen molar-refractivity contribution in [3.05, 3.63) is 44.0 Å². The first-order valence-corrected chi connectivity index (χ1v) is 8.62. The van der Waals surface area contributed by atoms with Gasteiger partial charge in [0.1, 0.15) is 4.88 Å². The Morgan fingerprint density at radius 2 is 2.05 bits per heavy atom. The third-order valence-electron chi connectivity index (χ3n) is 2.27. The number of benzene rings is 1. The number of rotatable bonds is 4. The lowest BCUT2D eigenvalue weighted by Gasteiger charge is -2.07. The second kappa shape index (κ2) is 5.72. The molecule has 1 aromatic carbocycles. The molecule has 0 atom stereocenters. The van der Waals surface area contributed by atoms with Crippen LogP contribution < -0.4 is 4.72 Å². The number of carboxylic acid groups (broad SMARTS) is 1. The molecule has 1 heterocycles. The molecule has 0 aliphatic heterocycles. The molecule has 9 heteroatoms. The summed E-state index contributed by atoms with van der Waals surface area (Å²) in [4.78, 5) is 10.6. The van der Waals surface area contributed by atoms with Gasteiger partial charge in [-0.25, -0.2) is 13.2 Å². The number of carboxylic acids is 1. The van der Waals surface area contributed by atoms with E-state index in [0.717, 1.165) is 17.4 Å². The van der Waals surface area contributed by atoms with E-state index >= 15 is 0 Å². The third-order valence-corrected chi connectivity index (χ3v) is 5.93. The van der Waals surface area contributed by atoms with Crippen molar-refractivity contribution in [3.63, 3.8) is 0 Å². The standard InChI is InChI=1S/C11H7BrClNO4S2/c12-8-2-1-6(3-9(8)13)14-20(17,18)7-4-10(11(15)16)19-5-7/h1-5,14H,(H,15,16). The third kappa shape index (κ3) is 3.32. The molecule has 0 amide bonds. The number of anilines is 1. The lowest BCUT2D eigenvalue weighted by Crippen LogP contribution is -2.12. The highest BCUT2D eigenvalue weighted by Gasteiger charge is 2.18. The van der Waals surface area contributed by atoms with E-state index in [0.29, 0.717) is 15.2 Å². The predicted octanol–water partition coefficient (Wildman–Crippen LogP) is 3.66. The Morgan fingerprint density at radius 1 is 1.35 bits per heavy atom. The fourth-order valence-corrected chi connectivity index (χ4v) is 3.93. The molecular weight excluding hydrogens is 390 g/mol. The van der Waals surface area contributed by atoms with Crippen LogP contribution >= 0.6 is 38.9 Å². The summed E-state index contributed by atoms with van der Waals surface area (Å²) in [5.41, 5.74) is 0.293. The van der Waals surface area contributed by atoms with Crippen LogP contribution in [0, 0.1) is 0 Å². The van der Waals surface area contributed by atoms with Gasteiger partial charge in [0.2, 0.25) is 0 Å². The molecule has 5 nitrogen and oxygen atoms in total. The van der Waals surface area contributed by atoms with E-state index in [2.05, 4.69) is 20.7 Å². The van der Waals surface area contributed by atoms with E-state index < -0.39 is 16.0 Å². The molecule has 0 fully saturated rings. The van der Waals surface area contributed by atoms with Crippen molar-refractivity contribution in [1.29, 1.82) is 0 Å². The summed E-state index contributed by atoms with van der Waals surface area (Å²) < 4.78 is 27.1.